The zero-order valence-corrected chi connectivity index (χ0v) is 14.8. The molecule has 1 aromatic carbocycles. The van der Waals surface area contributed by atoms with E-state index in [9.17, 15) is 0 Å². The molecule has 4 rings (SSSR count). The molecule has 1 aliphatic rings. The van der Waals surface area contributed by atoms with Crippen LogP contribution in [0, 0.1) is 0 Å². The van der Waals surface area contributed by atoms with E-state index in [1.807, 2.05) is 24.3 Å². The van der Waals surface area contributed by atoms with Gasteiger partial charge in [-0.05, 0) is 50.6 Å². The Morgan fingerprint density at radius 3 is 2.64 bits per heavy atom. The number of nitrogens with zero attached hydrogens (tertiary/aromatic N) is 3. The first-order valence-electron chi connectivity index (χ1n) is 9.16. The first kappa shape index (κ1) is 16.2. The summed E-state index contributed by atoms with van der Waals surface area (Å²) >= 11 is 0. The van der Waals surface area contributed by atoms with Crippen LogP contribution in [-0.2, 0) is 13.2 Å². The highest BCUT2D eigenvalue weighted by atomic mass is 16.5. The highest BCUT2D eigenvalue weighted by molar-refractivity contribution is 5.76. The van der Waals surface area contributed by atoms with Crippen molar-refractivity contribution in [2.45, 2.75) is 39.0 Å². The van der Waals surface area contributed by atoms with Gasteiger partial charge in [0.15, 0.2) is 0 Å². The van der Waals surface area contributed by atoms with E-state index in [1.165, 1.54) is 31.4 Å². The maximum Gasteiger partial charge on any atom is 0.214 e. The van der Waals surface area contributed by atoms with Crippen LogP contribution in [0.5, 0.6) is 5.88 Å². The first-order chi connectivity index (χ1) is 12.3. The largest absolute Gasteiger partial charge is 0.473 e. The van der Waals surface area contributed by atoms with Crippen LogP contribution in [0.1, 0.15) is 25.3 Å². The summed E-state index contributed by atoms with van der Waals surface area (Å²) in [7, 11) is 0. The molecule has 3 aromatic rings. The lowest BCUT2D eigenvalue weighted by Crippen LogP contribution is -2.33. The number of likely N-dealkylation sites (tertiary alicyclic amines) is 1. The summed E-state index contributed by atoms with van der Waals surface area (Å²) in [5.41, 5.74) is 3.33. The van der Waals surface area contributed by atoms with Crippen molar-refractivity contribution >= 4 is 11.0 Å². The van der Waals surface area contributed by atoms with Crippen molar-refractivity contribution in [1.29, 1.82) is 0 Å². The first-order valence-corrected chi connectivity index (χ1v) is 9.16. The Labute approximate surface area is 149 Å². The van der Waals surface area contributed by atoms with Gasteiger partial charge in [-0.3, -0.25) is 4.90 Å². The van der Waals surface area contributed by atoms with Crippen LogP contribution in [0.25, 0.3) is 11.0 Å². The molecule has 0 radical (unpaired) electrons. The average Bonchev–Trinajstić information content (AvgIpc) is 3.31. The number of ether oxygens (including phenoxy) is 1. The van der Waals surface area contributed by atoms with E-state index < -0.39 is 0 Å². The smallest absolute Gasteiger partial charge is 0.214 e. The van der Waals surface area contributed by atoms with Crippen LogP contribution < -0.4 is 4.74 Å². The molecule has 1 atom stereocenters. The highest BCUT2D eigenvalue weighted by Gasteiger charge is 2.18. The zero-order chi connectivity index (χ0) is 17.1. The average molecular weight is 335 g/mol. The van der Waals surface area contributed by atoms with E-state index in [-0.39, 0.29) is 0 Å². The Kier molecular flexibility index (Phi) is 4.70. The minimum atomic E-state index is 0.548. The minimum absolute atomic E-state index is 0.548. The Balaban J connectivity index is 1.45. The van der Waals surface area contributed by atoms with E-state index >= 15 is 0 Å². The number of aromatic nitrogens is 2. The second-order valence-corrected chi connectivity index (χ2v) is 6.89. The van der Waals surface area contributed by atoms with Crippen LogP contribution in [0.4, 0.5) is 0 Å². The Morgan fingerprint density at radius 1 is 1.04 bits per heavy atom. The van der Waals surface area contributed by atoms with Gasteiger partial charge in [0.1, 0.15) is 6.61 Å². The van der Waals surface area contributed by atoms with Crippen molar-refractivity contribution in [1.82, 2.24) is 14.5 Å². The molecule has 25 heavy (non-hydrogen) atoms. The molecular formula is C21H25N3O. The summed E-state index contributed by atoms with van der Waals surface area (Å²) in [6, 6.07) is 16.9. The molecular weight excluding hydrogens is 310 g/mol. The summed E-state index contributed by atoms with van der Waals surface area (Å²) in [6.07, 6.45) is 4.81. The minimum Gasteiger partial charge on any atom is -0.473 e. The van der Waals surface area contributed by atoms with Crippen LogP contribution in [0.15, 0.2) is 54.7 Å². The third-order valence-electron chi connectivity index (χ3n) is 5.05. The number of pyridine rings is 1. The summed E-state index contributed by atoms with van der Waals surface area (Å²) in [4.78, 5) is 7.24. The van der Waals surface area contributed by atoms with Crippen LogP contribution >= 0.6 is 0 Å². The van der Waals surface area contributed by atoms with Crippen molar-refractivity contribution in [2.24, 2.45) is 0 Å². The SMILES string of the molecule is C[C@H](Cn1ccc2nc(OCc3ccccc3)ccc21)N1CCCC1. The van der Waals surface area contributed by atoms with Gasteiger partial charge in [0, 0.05) is 24.8 Å². The van der Waals surface area contributed by atoms with Gasteiger partial charge in [-0.1, -0.05) is 30.3 Å². The molecule has 130 valence electrons. The predicted molar refractivity (Wildman–Crippen MR) is 101 cm³/mol. The summed E-state index contributed by atoms with van der Waals surface area (Å²) in [6.45, 7) is 6.34. The van der Waals surface area contributed by atoms with Crippen molar-refractivity contribution < 1.29 is 4.74 Å². The molecule has 4 heteroatoms. The third kappa shape index (κ3) is 3.69. The second-order valence-electron chi connectivity index (χ2n) is 6.89. The van der Waals surface area contributed by atoms with E-state index in [1.54, 1.807) is 0 Å². The molecule has 0 aliphatic carbocycles. The fourth-order valence-electron chi connectivity index (χ4n) is 3.61. The number of benzene rings is 1. The quantitative estimate of drug-likeness (QED) is 0.679. The molecule has 0 unspecified atom stereocenters. The van der Waals surface area contributed by atoms with Gasteiger partial charge in [0.25, 0.3) is 0 Å². The normalized spacial score (nSPS) is 16.4. The molecule has 0 saturated carbocycles. The Morgan fingerprint density at radius 2 is 1.84 bits per heavy atom. The third-order valence-corrected chi connectivity index (χ3v) is 5.05. The number of fused-ring (bicyclic) bond motifs is 1. The van der Waals surface area contributed by atoms with Gasteiger partial charge < -0.3 is 9.30 Å². The van der Waals surface area contributed by atoms with E-state index in [2.05, 4.69) is 51.8 Å². The second kappa shape index (κ2) is 7.28. The van der Waals surface area contributed by atoms with E-state index in [4.69, 9.17) is 4.74 Å². The van der Waals surface area contributed by atoms with E-state index in [0.29, 0.717) is 18.5 Å². The lowest BCUT2D eigenvalue weighted by atomic mass is 10.2. The van der Waals surface area contributed by atoms with Crippen molar-refractivity contribution in [3.05, 3.63) is 60.3 Å². The van der Waals surface area contributed by atoms with Crippen LogP contribution in [-0.4, -0.2) is 33.6 Å². The van der Waals surface area contributed by atoms with Crippen molar-refractivity contribution in [3.8, 4) is 5.88 Å². The lowest BCUT2D eigenvalue weighted by molar-refractivity contribution is 0.237. The molecule has 3 heterocycles. The maximum absolute atomic E-state index is 5.84. The molecule has 1 fully saturated rings. The van der Waals surface area contributed by atoms with Gasteiger partial charge in [-0.15, -0.1) is 0 Å². The molecule has 0 spiro atoms. The number of rotatable bonds is 6. The van der Waals surface area contributed by atoms with Gasteiger partial charge in [-0.2, -0.15) is 0 Å². The summed E-state index contributed by atoms with van der Waals surface area (Å²) in [5.74, 6) is 0.682. The molecule has 4 nitrogen and oxygen atoms in total. The van der Waals surface area contributed by atoms with Crippen LogP contribution in [0.3, 0.4) is 0 Å². The molecule has 2 aromatic heterocycles. The van der Waals surface area contributed by atoms with Crippen molar-refractivity contribution in [2.75, 3.05) is 13.1 Å². The fraction of sp³-hybridized carbons (Fsp3) is 0.381. The summed E-state index contributed by atoms with van der Waals surface area (Å²) in [5, 5.41) is 0. The van der Waals surface area contributed by atoms with E-state index in [0.717, 1.165) is 17.6 Å². The maximum atomic E-state index is 5.84. The predicted octanol–water partition coefficient (Wildman–Crippen LogP) is 4.10. The monoisotopic (exact) mass is 335 g/mol. The fourth-order valence-corrected chi connectivity index (χ4v) is 3.61. The number of hydrogen-bond acceptors (Lipinski definition) is 3. The van der Waals surface area contributed by atoms with Gasteiger partial charge >= 0.3 is 0 Å². The van der Waals surface area contributed by atoms with Gasteiger partial charge in [-0.25, -0.2) is 4.98 Å². The van der Waals surface area contributed by atoms with Gasteiger partial charge in [0.05, 0.1) is 11.0 Å². The number of hydrogen-bond donors (Lipinski definition) is 0. The Hall–Kier alpha value is -2.33. The highest BCUT2D eigenvalue weighted by Crippen LogP contribution is 2.21. The Bertz CT molecular complexity index is 822. The molecule has 0 amide bonds. The van der Waals surface area contributed by atoms with Crippen molar-refractivity contribution in [3.63, 3.8) is 0 Å². The topological polar surface area (TPSA) is 30.3 Å². The molecule has 1 saturated heterocycles. The standard InChI is InChI=1S/C21H25N3O/c1-17(23-12-5-6-13-23)15-24-14-11-19-20(24)9-10-21(22-19)25-16-18-7-3-2-4-8-18/h2-4,7-11,14,17H,5-6,12-13,15-16H2,1H3/t17-/m1/s1. The zero-order valence-electron chi connectivity index (χ0n) is 14.8. The molecule has 1 aliphatic heterocycles. The molecule has 0 bridgehead atoms. The summed E-state index contributed by atoms with van der Waals surface area (Å²) < 4.78 is 8.15. The van der Waals surface area contributed by atoms with Gasteiger partial charge in [0.2, 0.25) is 5.88 Å². The lowest BCUT2D eigenvalue weighted by Gasteiger charge is -2.24. The van der Waals surface area contributed by atoms with Crippen LogP contribution in [0.2, 0.25) is 0 Å². The molecule has 0 N–H and O–H groups in total.